The summed E-state index contributed by atoms with van der Waals surface area (Å²) in [4.78, 5) is 10.4. The van der Waals surface area contributed by atoms with E-state index in [4.69, 9.17) is 0 Å². The summed E-state index contributed by atoms with van der Waals surface area (Å²) in [5, 5.41) is 0. The molecule has 0 radical (unpaired) electrons. The number of thiol groups is 1. The Morgan fingerprint density at radius 2 is 2.56 bits per heavy atom. The van der Waals surface area contributed by atoms with Crippen molar-refractivity contribution in [1.82, 2.24) is 0 Å². The van der Waals surface area contributed by atoms with Crippen molar-refractivity contribution in [1.29, 1.82) is 0 Å². The number of hydrogen-bond acceptors (Lipinski definition) is 3. The molecule has 0 aromatic rings. The Hall–Kier alpha value is -0.440. The Balaban J connectivity index is 3.46. The van der Waals surface area contributed by atoms with E-state index in [-0.39, 0.29) is 5.44 Å². The van der Waals surface area contributed by atoms with Gasteiger partial charge < -0.3 is 4.74 Å². The molecule has 0 aliphatic carbocycles. The van der Waals surface area contributed by atoms with E-state index in [0.717, 1.165) is 6.08 Å². The number of hydrogen-bond donors (Lipinski definition) is 1. The van der Waals surface area contributed by atoms with Crippen molar-refractivity contribution in [2.24, 2.45) is 0 Å². The molecule has 52 valence electrons. The van der Waals surface area contributed by atoms with Crippen LogP contribution >= 0.6 is 12.6 Å². The fraction of sp³-hybridized carbons (Fsp3) is 0.500. The fourth-order valence-electron chi connectivity index (χ4n) is 0.266. The molecule has 2 nitrogen and oxygen atoms in total. The van der Waals surface area contributed by atoms with Crippen LogP contribution in [0, 0.1) is 0 Å². The maximum atomic E-state index is 10.4. The highest BCUT2D eigenvalue weighted by Crippen LogP contribution is 2.01. The van der Waals surface area contributed by atoms with E-state index in [1.54, 1.807) is 0 Å². The van der Waals surface area contributed by atoms with Gasteiger partial charge in [-0.25, -0.2) is 4.79 Å². The normalized spacial score (nSPS) is 12.2. The van der Waals surface area contributed by atoms with Crippen LogP contribution < -0.4 is 0 Å². The van der Waals surface area contributed by atoms with Crippen LogP contribution in [0.25, 0.3) is 0 Å². The van der Waals surface area contributed by atoms with Gasteiger partial charge in [0.05, 0.1) is 0 Å². The zero-order valence-electron chi connectivity index (χ0n) is 5.33. The van der Waals surface area contributed by atoms with E-state index < -0.39 is 5.97 Å². The minimum absolute atomic E-state index is 0.296. The first kappa shape index (κ1) is 8.56. The van der Waals surface area contributed by atoms with E-state index >= 15 is 0 Å². The van der Waals surface area contributed by atoms with Crippen LogP contribution in [0.3, 0.4) is 0 Å². The first-order chi connectivity index (χ1) is 4.20. The highest BCUT2D eigenvalue weighted by Gasteiger charge is 2.01. The summed E-state index contributed by atoms with van der Waals surface area (Å²) in [6.45, 7) is 5.12. The molecule has 0 aliphatic heterocycles. The average Bonchev–Trinajstić information content (AvgIpc) is 1.87. The van der Waals surface area contributed by atoms with Crippen molar-refractivity contribution >= 4 is 18.6 Å². The summed E-state index contributed by atoms with van der Waals surface area (Å²) in [6, 6.07) is 0. The highest BCUT2D eigenvalue weighted by atomic mass is 32.1. The molecule has 0 heterocycles. The van der Waals surface area contributed by atoms with Crippen molar-refractivity contribution < 1.29 is 9.53 Å². The van der Waals surface area contributed by atoms with Gasteiger partial charge in [0.15, 0.2) is 0 Å². The van der Waals surface area contributed by atoms with Crippen LogP contribution in [0.2, 0.25) is 0 Å². The van der Waals surface area contributed by atoms with Crippen molar-refractivity contribution in [3.63, 3.8) is 0 Å². The molecule has 1 unspecified atom stereocenters. The second-order valence-corrected chi connectivity index (χ2v) is 2.08. The summed E-state index contributed by atoms with van der Waals surface area (Å²) in [7, 11) is 0. The van der Waals surface area contributed by atoms with Gasteiger partial charge in [0.25, 0.3) is 0 Å². The molecule has 0 rings (SSSR count). The van der Waals surface area contributed by atoms with Crippen LogP contribution in [-0.2, 0) is 9.53 Å². The second-order valence-electron chi connectivity index (χ2n) is 1.50. The molecule has 0 spiro atoms. The van der Waals surface area contributed by atoms with E-state index in [0.29, 0.717) is 6.42 Å². The predicted molar refractivity (Wildman–Crippen MR) is 39.4 cm³/mol. The molecule has 0 aliphatic rings. The lowest BCUT2D eigenvalue weighted by Crippen LogP contribution is -2.08. The van der Waals surface area contributed by atoms with Crippen LogP contribution in [0.15, 0.2) is 12.7 Å². The lowest BCUT2D eigenvalue weighted by atomic mass is 10.5. The molecule has 0 N–H and O–H groups in total. The summed E-state index contributed by atoms with van der Waals surface area (Å²) >= 11 is 3.93. The van der Waals surface area contributed by atoms with Gasteiger partial charge in [-0.05, 0) is 6.42 Å². The molecule has 0 fully saturated rings. The Bertz CT molecular complexity index is 112. The Kier molecular flexibility index (Phi) is 4.22. The number of ether oxygens (including phenoxy) is 1. The molecule has 9 heavy (non-hydrogen) atoms. The standard InChI is InChI=1S/C6H10O2S/c1-3-5(7)8-6(9)4-2/h3,6,9H,1,4H2,2H3. The summed E-state index contributed by atoms with van der Waals surface area (Å²) in [5.74, 6) is -0.420. The van der Waals surface area contributed by atoms with Crippen molar-refractivity contribution in [3.8, 4) is 0 Å². The minimum Gasteiger partial charge on any atom is -0.448 e. The third-order valence-electron chi connectivity index (χ3n) is 0.768. The van der Waals surface area contributed by atoms with E-state index in [2.05, 4.69) is 23.9 Å². The minimum atomic E-state index is -0.420. The van der Waals surface area contributed by atoms with Gasteiger partial charge >= 0.3 is 5.97 Å². The molecule has 0 saturated heterocycles. The predicted octanol–water partition coefficient (Wildman–Crippen LogP) is 1.38. The first-order valence-electron chi connectivity index (χ1n) is 2.71. The maximum Gasteiger partial charge on any atom is 0.331 e. The second kappa shape index (κ2) is 4.44. The van der Waals surface area contributed by atoms with Gasteiger partial charge in [-0.15, -0.1) is 12.6 Å². The molecule has 0 amide bonds. The third-order valence-corrected chi connectivity index (χ3v) is 1.24. The summed E-state index contributed by atoms with van der Waals surface area (Å²) < 4.78 is 4.66. The highest BCUT2D eigenvalue weighted by molar-refractivity contribution is 7.80. The monoisotopic (exact) mass is 146 g/mol. The van der Waals surface area contributed by atoms with Crippen molar-refractivity contribution in [2.75, 3.05) is 0 Å². The molecule has 1 atom stereocenters. The van der Waals surface area contributed by atoms with Gasteiger partial charge in [0, 0.05) is 6.08 Å². The van der Waals surface area contributed by atoms with Gasteiger partial charge in [0.1, 0.15) is 5.44 Å². The van der Waals surface area contributed by atoms with Crippen molar-refractivity contribution in [3.05, 3.63) is 12.7 Å². The summed E-state index contributed by atoms with van der Waals surface area (Å²) in [5.41, 5.74) is -0.296. The molecule has 3 heteroatoms. The van der Waals surface area contributed by atoms with Gasteiger partial charge in [-0.2, -0.15) is 0 Å². The quantitative estimate of drug-likeness (QED) is 0.282. The van der Waals surface area contributed by atoms with E-state index in [1.165, 1.54) is 0 Å². The maximum absolute atomic E-state index is 10.4. The number of carbonyl (C=O) groups excluding carboxylic acids is 1. The van der Waals surface area contributed by atoms with E-state index in [1.807, 2.05) is 6.92 Å². The zero-order valence-corrected chi connectivity index (χ0v) is 6.23. The lowest BCUT2D eigenvalue weighted by Gasteiger charge is -2.06. The smallest absolute Gasteiger partial charge is 0.331 e. The third kappa shape index (κ3) is 4.09. The molecular formula is C6H10O2S. The van der Waals surface area contributed by atoms with Crippen LogP contribution in [0.4, 0.5) is 0 Å². The average molecular weight is 146 g/mol. The topological polar surface area (TPSA) is 26.3 Å². The Morgan fingerprint density at radius 3 is 2.89 bits per heavy atom. The summed E-state index contributed by atoms with van der Waals surface area (Å²) in [6.07, 6.45) is 1.83. The first-order valence-corrected chi connectivity index (χ1v) is 3.23. The van der Waals surface area contributed by atoms with Gasteiger partial charge in [-0.1, -0.05) is 13.5 Å². The van der Waals surface area contributed by atoms with Crippen molar-refractivity contribution in [2.45, 2.75) is 18.8 Å². The zero-order chi connectivity index (χ0) is 7.28. The fourth-order valence-corrected chi connectivity index (χ4v) is 0.369. The van der Waals surface area contributed by atoms with E-state index in [9.17, 15) is 4.79 Å². The molecular weight excluding hydrogens is 136 g/mol. The SMILES string of the molecule is C=CC(=O)OC(S)CC. The number of esters is 1. The van der Waals surface area contributed by atoms with Crippen LogP contribution in [0.5, 0.6) is 0 Å². The molecule has 0 bridgehead atoms. The lowest BCUT2D eigenvalue weighted by molar-refractivity contribution is -0.139. The van der Waals surface area contributed by atoms with Gasteiger partial charge in [-0.3, -0.25) is 0 Å². The Labute approximate surface area is 60.3 Å². The van der Waals surface area contributed by atoms with Crippen LogP contribution in [-0.4, -0.2) is 11.4 Å². The van der Waals surface area contributed by atoms with Crippen LogP contribution in [0.1, 0.15) is 13.3 Å². The molecule has 0 aromatic carbocycles. The number of carbonyl (C=O) groups is 1. The molecule has 0 aromatic heterocycles. The number of rotatable bonds is 3. The van der Waals surface area contributed by atoms with Gasteiger partial charge in [0.2, 0.25) is 0 Å². The Morgan fingerprint density at radius 1 is 2.00 bits per heavy atom. The largest absolute Gasteiger partial charge is 0.448 e. The molecule has 0 saturated carbocycles.